The van der Waals surface area contributed by atoms with E-state index in [2.05, 4.69) is 25.9 Å². The van der Waals surface area contributed by atoms with Crippen molar-refractivity contribution in [3.63, 3.8) is 0 Å². The van der Waals surface area contributed by atoms with Crippen LogP contribution < -0.4 is 20.7 Å². The molecule has 0 radical (unpaired) electrons. The highest BCUT2D eigenvalue weighted by molar-refractivity contribution is 6.30. The summed E-state index contributed by atoms with van der Waals surface area (Å²) in [7, 11) is 1.68. The van der Waals surface area contributed by atoms with E-state index >= 15 is 0 Å². The maximum atomic E-state index is 12.0. The van der Waals surface area contributed by atoms with Gasteiger partial charge in [-0.2, -0.15) is 0 Å². The lowest BCUT2D eigenvalue weighted by atomic mass is 10.3. The number of aliphatic imine (C=N–C) groups is 1. The average molecular weight is 404 g/mol. The fraction of sp³-hybridized carbons (Fsp3) is 0.350. The van der Waals surface area contributed by atoms with Gasteiger partial charge in [-0.3, -0.25) is 9.79 Å². The van der Waals surface area contributed by atoms with Gasteiger partial charge in [-0.05, 0) is 50.2 Å². The lowest BCUT2D eigenvalue weighted by Crippen LogP contribution is -2.42. The number of pyridine rings is 1. The third-order valence-corrected chi connectivity index (χ3v) is 3.98. The zero-order valence-electron chi connectivity index (χ0n) is 16.3. The number of amides is 1. The topological polar surface area (TPSA) is 87.6 Å². The first-order valence-electron chi connectivity index (χ1n) is 9.06. The minimum atomic E-state index is -0.111. The second-order valence-corrected chi connectivity index (χ2v) is 6.66. The Hall–Kier alpha value is -2.80. The number of nitrogens with one attached hydrogen (secondary N) is 3. The van der Waals surface area contributed by atoms with Gasteiger partial charge in [0.1, 0.15) is 17.7 Å². The van der Waals surface area contributed by atoms with E-state index in [0.717, 1.165) is 11.4 Å². The van der Waals surface area contributed by atoms with Crippen LogP contribution in [0.2, 0.25) is 5.02 Å². The number of aryl methyl sites for hydroxylation is 1. The fourth-order valence-electron chi connectivity index (χ4n) is 2.36. The lowest BCUT2D eigenvalue weighted by Gasteiger charge is -2.17. The van der Waals surface area contributed by atoms with Crippen molar-refractivity contribution in [1.29, 1.82) is 0 Å². The number of carbonyl (C=O) groups excluding carboxylic acids is 1. The van der Waals surface area contributed by atoms with Crippen LogP contribution in [-0.2, 0) is 4.79 Å². The predicted octanol–water partition coefficient (Wildman–Crippen LogP) is 3.00. The van der Waals surface area contributed by atoms with E-state index in [-0.39, 0.29) is 12.0 Å². The smallest absolute Gasteiger partial charge is 0.227 e. The molecule has 1 aromatic heterocycles. The molecule has 0 aliphatic heterocycles. The molecule has 3 N–H and O–H groups in total. The number of guanidine groups is 1. The Bertz CT molecular complexity index is 795. The molecule has 0 saturated heterocycles. The zero-order valence-corrected chi connectivity index (χ0v) is 17.1. The highest BCUT2D eigenvalue weighted by Crippen LogP contribution is 2.16. The first kappa shape index (κ1) is 21.5. The molecule has 8 heteroatoms. The van der Waals surface area contributed by atoms with Crippen LogP contribution in [0, 0.1) is 6.92 Å². The third kappa shape index (κ3) is 7.84. The van der Waals surface area contributed by atoms with Crippen LogP contribution in [0.3, 0.4) is 0 Å². The van der Waals surface area contributed by atoms with Gasteiger partial charge >= 0.3 is 0 Å². The van der Waals surface area contributed by atoms with Gasteiger partial charge in [0.05, 0.1) is 6.54 Å². The van der Waals surface area contributed by atoms with Gasteiger partial charge in [0.15, 0.2) is 5.96 Å². The summed E-state index contributed by atoms with van der Waals surface area (Å²) < 4.78 is 5.81. The van der Waals surface area contributed by atoms with E-state index < -0.39 is 0 Å². The minimum absolute atomic E-state index is 0.0737. The predicted molar refractivity (Wildman–Crippen MR) is 113 cm³/mol. The van der Waals surface area contributed by atoms with Gasteiger partial charge in [-0.25, -0.2) is 4.98 Å². The SMILES string of the molecule is CN=C(NCCC(=O)Nc1cccc(C)n1)NCC(C)Oc1ccc(Cl)cc1. The number of carbonyl (C=O) groups is 1. The van der Waals surface area contributed by atoms with Crippen molar-refractivity contribution < 1.29 is 9.53 Å². The van der Waals surface area contributed by atoms with E-state index in [9.17, 15) is 4.79 Å². The third-order valence-electron chi connectivity index (χ3n) is 3.73. The van der Waals surface area contributed by atoms with Crippen LogP contribution in [0.1, 0.15) is 19.0 Å². The lowest BCUT2D eigenvalue weighted by molar-refractivity contribution is -0.116. The Morgan fingerprint density at radius 2 is 1.96 bits per heavy atom. The summed E-state index contributed by atoms with van der Waals surface area (Å²) in [6.45, 7) is 4.84. The number of nitrogens with zero attached hydrogens (tertiary/aromatic N) is 2. The van der Waals surface area contributed by atoms with Gasteiger partial charge in [0, 0.05) is 30.7 Å². The number of ether oxygens (including phenoxy) is 1. The molecule has 150 valence electrons. The molecule has 0 saturated carbocycles. The number of hydrogen-bond acceptors (Lipinski definition) is 4. The summed E-state index contributed by atoms with van der Waals surface area (Å²) in [5.41, 5.74) is 0.857. The minimum Gasteiger partial charge on any atom is -0.489 e. The Morgan fingerprint density at radius 3 is 2.64 bits per heavy atom. The van der Waals surface area contributed by atoms with Gasteiger partial charge in [0.2, 0.25) is 5.91 Å². The largest absolute Gasteiger partial charge is 0.489 e. The Labute approximate surface area is 170 Å². The van der Waals surface area contributed by atoms with Crippen molar-refractivity contribution >= 4 is 29.3 Å². The summed E-state index contributed by atoms with van der Waals surface area (Å²) in [5, 5.41) is 9.73. The molecule has 1 aromatic carbocycles. The van der Waals surface area contributed by atoms with E-state index in [4.69, 9.17) is 16.3 Å². The first-order valence-corrected chi connectivity index (χ1v) is 9.44. The second kappa shape index (κ2) is 11.1. The van der Waals surface area contributed by atoms with Crippen LogP contribution in [0.15, 0.2) is 47.5 Å². The Balaban J connectivity index is 1.67. The number of rotatable bonds is 8. The molecule has 28 heavy (non-hydrogen) atoms. The average Bonchev–Trinajstić information content (AvgIpc) is 2.66. The van der Waals surface area contributed by atoms with Crippen molar-refractivity contribution in [2.45, 2.75) is 26.4 Å². The quantitative estimate of drug-likeness (QED) is 0.466. The molecule has 1 heterocycles. The van der Waals surface area contributed by atoms with Gasteiger partial charge in [0.25, 0.3) is 0 Å². The summed E-state index contributed by atoms with van der Waals surface area (Å²) in [4.78, 5) is 20.4. The molecule has 1 amide bonds. The van der Waals surface area contributed by atoms with Crippen molar-refractivity contribution in [2.24, 2.45) is 4.99 Å². The Morgan fingerprint density at radius 1 is 1.21 bits per heavy atom. The number of halogens is 1. The molecule has 0 spiro atoms. The van der Waals surface area contributed by atoms with Crippen LogP contribution >= 0.6 is 11.6 Å². The Kier molecular flexibility index (Phi) is 8.55. The normalized spacial score (nSPS) is 12.2. The standard InChI is InChI=1S/C20H26ClN5O2/c1-14-5-4-6-18(25-14)26-19(27)11-12-23-20(22-3)24-13-15(2)28-17-9-7-16(21)8-10-17/h4-10,15H,11-13H2,1-3H3,(H2,22,23,24)(H,25,26,27). The molecular formula is C20H26ClN5O2. The van der Waals surface area contributed by atoms with E-state index in [1.54, 1.807) is 25.2 Å². The van der Waals surface area contributed by atoms with E-state index in [1.807, 2.05) is 38.1 Å². The molecule has 2 aromatic rings. The summed E-state index contributed by atoms with van der Waals surface area (Å²) in [5.74, 6) is 1.80. The zero-order chi connectivity index (χ0) is 20.4. The van der Waals surface area contributed by atoms with E-state index in [1.165, 1.54) is 0 Å². The van der Waals surface area contributed by atoms with Gasteiger partial charge in [-0.1, -0.05) is 17.7 Å². The maximum absolute atomic E-state index is 12.0. The monoisotopic (exact) mass is 403 g/mol. The van der Waals surface area contributed by atoms with Crippen LogP contribution in [0.25, 0.3) is 0 Å². The molecular weight excluding hydrogens is 378 g/mol. The van der Waals surface area contributed by atoms with Crippen molar-refractivity contribution in [3.8, 4) is 5.75 Å². The second-order valence-electron chi connectivity index (χ2n) is 6.22. The van der Waals surface area contributed by atoms with E-state index in [0.29, 0.717) is 36.3 Å². The number of anilines is 1. The molecule has 1 unspecified atom stereocenters. The number of aromatic nitrogens is 1. The fourth-order valence-corrected chi connectivity index (χ4v) is 2.49. The molecule has 1 atom stereocenters. The van der Waals surface area contributed by atoms with Crippen LogP contribution in [-0.4, -0.2) is 43.1 Å². The maximum Gasteiger partial charge on any atom is 0.227 e. The van der Waals surface area contributed by atoms with Crippen LogP contribution in [0.5, 0.6) is 5.75 Å². The summed E-state index contributed by atoms with van der Waals surface area (Å²) in [6, 6.07) is 12.7. The summed E-state index contributed by atoms with van der Waals surface area (Å²) in [6.07, 6.45) is 0.225. The van der Waals surface area contributed by atoms with Crippen molar-refractivity contribution in [3.05, 3.63) is 53.2 Å². The molecule has 0 aliphatic carbocycles. The highest BCUT2D eigenvalue weighted by Gasteiger charge is 2.07. The molecule has 0 bridgehead atoms. The summed E-state index contributed by atoms with van der Waals surface area (Å²) >= 11 is 5.87. The molecule has 0 fully saturated rings. The van der Waals surface area contributed by atoms with Crippen LogP contribution in [0.4, 0.5) is 5.82 Å². The first-order chi connectivity index (χ1) is 13.5. The van der Waals surface area contributed by atoms with Crippen molar-refractivity contribution in [1.82, 2.24) is 15.6 Å². The van der Waals surface area contributed by atoms with Crippen molar-refractivity contribution in [2.75, 3.05) is 25.5 Å². The molecule has 7 nitrogen and oxygen atoms in total. The molecule has 0 aliphatic rings. The highest BCUT2D eigenvalue weighted by atomic mass is 35.5. The number of benzene rings is 1. The van der Waals surface area contributed by atoms with Gasteiger partial charge < -0.3 is 20.7 Å². The molecule has 2 rings (SSSR count). The van der Waals surface area contributed by atoms with Gasteiger partial charge in [-0.15, -0.1) is 0 Å². The number of hydrogen-bond donors (Lipinski definition) is 3.